The van der Waals surface area contributed by atoms with Gasteiger partial charge in [0.25, 0.3) is 0 Å². The molecule has 5 nitrogen and oxygen atoms in total. The third-order valence-corrected chi connectivity index (χ3v) is 3.64. The Bertz CT molecular complexity index is 669. The van der Waals surface area contributed by atoms with Gasteiger partial charge in [0.15, 0.2) is 0 Å². The number of benzene rings is 1. The number of halogens is 3. The summed E-state index contributed by atoms with van der Waals surface area (Å²) in [5.41, 5.74) is 0.883. The molecule has 2 N–H and O–H groups in total. The molecule has 1 heterocycles. The Balaban J connectivity index is 1.95. The molecule has 0 spiro atoms. The molecule has 0 unspecified atom stereocenters. The van der Waals surface area contributed by atoms with Crippen LogP contribution in [0.3, 0.4) is 0 Å². The Kier molecular flexibility index (Phi) is 5.48. The summed E-state index contributed by atoms with van der Waals surface area (Å²) in [6.45, 7) is 1.20. The van der Waals surface area contributed by atoms with Crippen LogP contribution in [-0.2, 0) is 7.05 Å². The summed E-state index contributed by atoms with van der Waals surface area (Å²) in [5, 5.41) is 8.88. The zero-order chi connectivity index (χ0) is 17.7. The molecular formula is C16H19F3N4O. The highest BCUT2D eigenvalue weighted by Crippen LogP contribution is 2.34. The van der Waals surface area contributed by atoms with Crippen molar-refractivity contribution in [3.05, 3.63) is 53.9 Å². The molecule has 1 aromatic heterocycles. The van der Waals surface area contributed by atoms with Crippen molar-refractivity contribution in [3.63, 3.8) is 0 Å². The van der Waals surface area contributed by atoms with Crippen LogP contribution in [0.15, 0.2) is 42.7 Å². The van der Waals surface area contributed by atoms with E-state index < -0.39 is 24.7 Å². The van der Waals surface area contributed by atoms with Crippen molar-refractivity contribution in [3.8, 4) is 0 Å². The van der Waals surface area contributed by atoms with E-state index in [0.29, 0.717) is 0 Å². The van der Waals surface area contributed by atoms with Crippen molar-refractivity contribution in [2.75, 3.05) is 6.54 Å². The standard InChI is InChI=1S/C16H19F3N4O/c1-11(13-8-21-23(2)10-13)22-15(24)20-9-14(16(17,18)19)12-6-4-3-5-7-12/h3-8,10-11,14H,9H2,1-2H3,(H2,20,22,24)/t11-,14-/m1/s1. The first kappa shape index (κ1) is 17.8. The van der Waals surface area contributed by atoms with Crippen molar-refractivity contribution in [1.29, 1.82) is 0 Å². The van der Waals surface area contributed by atoms with Gasteiger partial charge in [0.05, 0.1) is 18.2 Å². The SMILES string of the molecule is C[C@@H](NC(=O)NC[C@H](c1ccccc1)C(F)(F)F)c1cnn(C)c1. The predicted octanol–water partition coefficient (Wildman–Crippen LogP) is 3.13. The maximum Gasteiger partial charge on any atom is 0.397 e. The molecule has 0 aliphatic carbocycles. The molecule has 2 aromatic rings. The van der Waals surface area contributed by atoms with Crippen LogP contribution in [0.25, 0.3) is 0 Å². The van der Waals surface area contributed by atoms with Gasteiger partial charge in [0.1, 0.15) is 0 Å². The molecule has 130 valence electrons. The molecule has 0 fully saturated rings. The van der Waals surface area contributed by atoms with E-state index in [2.05, 4.69) is 15.7 Å². The second-order valence-electron chi connectivity index (χ2n) is 5.53. The lowest BCUT2D eigenvalue weighted by Crippen LogP contribution is -2.41. The largest absolute Gasteiger partial charge is 0.397 e. The smallest absolute Gasteiger partial charge is 0.337 e. The van der Waals surface area contributed by atoms with Crippen LogP contribution in [0, 0.1) is 0 Å². The van der Waals surface area contributed by atoms with Gasteiger partial charge in [0.2, 0.25) is 0 Å². The van der Waals surface area contributed by atoms with E-state index in [4.69, 9.17) is 0 Å². The lowest BCUT2D eigenvalue weighted by molar-refractivity contribution is -0.149. The lowest BCUT2D eigenvalue weighted by atomic mass is 9.98. The fourth-order valence-corrected chi connectivity index (χ4v) is 2.30. The van der Waals surface area contributed by atoms with E-state index in [0.717, 1.165) is 5.56 Å². The average Bonchev–Trinajstić information content (AvgIpc) is 2.94. The van der Waals surface area contributed by atoms with Gasteiger partial charge in [0, 0.05) is 25.4 Å². The fraction of sp³-hybridized carbons (Fsp3) is 0.375. The number of aromatic nitrogens is 2. The minimum absolute atomic E-state index is 0.116. The first-order valence-electron chi connectivity index (χ1n) is 7.42. The molecule has 0 bridgehead atoms. The molecule has 2 rings (SSSR count). The number of aryl methyl sites for hydroxylation is 1. The monoisotopic (exact) mass is 340 g/mol. The second kappa shape index (κ2) is 7.37. The third kappa shape index (κ3) is 4.74. The molecular weight excluding hydrogens is 321 g/mol. The topological polar surface area (TPSA) is 59.0 Å². The maximum absolute atomic E-state index is 13.2. The zero-order valence-corrected chi connectivity index (χ0v) is 13.3. The van der Waals surface area contributed by atoms with Crippen molar-refractivity contribution in [2.45, 2.75) is 25.1 Å². The van der Waals surface area contributed by atoms with Crippen LogP contribution in [0.5, 0.6) is 0 Å². The van der Waals surface area contributed by atoms with Gasteiger partial charge in [-0.3, -0.25) is 4.68 Å². The summed E-state index contributed by atoms with van der Waals surface area (Å²) in [6, 6.07) is 6.51. The van der Waals surface area contributed by atoms with Crippen LogP contribution in [0.4, 0.5) is 18.0 Å². The number of carbonyl (C=O) groups excluding carboxylic acids is 1. The van der Waals surface area contributed by atoms with Crippen molar-refractivity contribution < 1.29 is 18.0 Å². The number of carbonyl (C=O) groups is 1. The van der Waals surface area contributed by atoms with Gasteiger partial charge in [-0.05, 0) is 12.5 Å². The van der Waals surface area contributed by atoms with Crippen LogP contribution >= 0.6 is 0 Å². The average molecular weight is 340 g/mol. The highest BCUT2D eigenvalue weighted by Gasteiger charge is 2.40. The van der Waals surface area contributed by atoms with Gasteiger partial charge in [-0.15, -0.1) is 0 Å². The summed E-state index contributed by atoms with van der Waals surface area (Å²) in [5.74, 6) is -1.75. The van der Waals surface area contributed by atoms with Gasteiger partial charge in [-0.2, -0.15) is 18.3 Å². The number of alkyl halides is 3. The Labute approximate surface area is 137 Å². The summed E-state index contributed by atoms with van der Waals surface area (Å²) in [7, 11) is 1.74. The second-order valence-corrected chi connectivity index (χ2v) is 5.53. The molecule has 2 atom stereocenters. The highest BCUT2D eigenvalue weighted by molar-refractivity contribution is 5.74. The van der Waals surface area contributed by atoms with E-state index in [1.54, 1.807) is 49.2 Å². The number of amides is 2. The summed E-state index contributed by atoms with van der Waals surface area (Å²) < 4.78 is 41.2. The number of rotatable bonds is 5. The third-order valence-electron chi connectivity index (χ3n) is 3.64. The van der Waals surface area contributed by atoms with Gasteiger partial charge in [-0.1, -0.05) is 30.3 Å². The van der Waals surface area contributed by atoms with E-state index in [1.807, 2.05) is 0 Å². The molecule has 0 aliphatic rings. The highest BCUT2D eigenvalue weighted by atomic mass is 19.4. The van der Waals surface area contributed by atoms with E-state index in [1.165, 1.54) is 12.1 Å². The van der Waals surface area contributed by atoms with Crippen LogP contribution in [-0.4, -0.2) is 28.5 Å². The maximum atomic E-state index is 13.2. The molecule has 0 saturated heterocycles. The number of urea groups is 1. The van der Waals surface area contributed by atoms with Crippen molar-refractivity contribution >= 4 is 6.03 Å². The van der Waals surface area contributed by atoms with Crippen molar-refractivity contribution in [1.82, 2.24) is 20.4 Å². The number of nitrogens with zero attached hydrogens (tertiary/aromatic N) is 2. The van der Waals surface area contributed by atoms with Crippen molar-refractivity contribution in [2.24, 2.45) is 7.05 Å². The van der Waals surface area contributed by atoms with Crippen LogP contribution < -0.4 is 10.6 Å². The minimum atomic E-state index is -4.44. The number of nitrogens with one attached hydrogen (secondary N) is 2. The summed E-state index contributed by atoms with van der Waals surface area (Å²) in [6.07, 6.45) is -1.12. The molecule has 0 radical (unpaired) electrons. The molecule has 0 aliphatic heterocycles. The zero-order valence-electron chi connectivity index (χ0n) is 13.3. The molecule has 8 heteroatoms. The fourth-order valence-electron chi connectivity index (χ4n) is 2.30. The Morgan fingerprint density at radius 2 is 1.92 bits per heavy atom. The Morgan fingerprint density at radius 1 is 1.25 bits per heavy atom. The van der Waals surface area contributed by atoms with E-state index in [-0.39, 0.29) is 11.6 Å². The minimum Gasteiger partial charge on any atom is -0.337 e. The van der Waals surface area contributed by atoms with E-state index in [9.17, 15) is 18.0 Å². The quantitative estimate of drug-likeness (QED) is 0.879. The first-order valence-corrected chi connectivity index (χ1v) is 7.42. The van der Waals surface area contributed by atoms with Crippen LogP contribution in [0.1, 0.15) is 30.0 Å². The first-order chi connectivity index (χ1) is 11.3. The normalized spacial score (nSPS) is 14.0. The van der Waals surface area contributed by atoms with E-state index >= 15 is 0 Å². The number of hydrogen-bond donors (Lipinski definition) is 2. The summed E-state index contributed by atoms with van der Waals surface area (Å²) in [4.78, 5) is 11.9. The molecule has 1 aromatic carbocycles. The van der Waals surface area contributed by atoms with Gasteiger partial charge < -0.3 is 10.6 Å². The number of hydrogen-bond acceptors (Lipinski definition) is 2. The lowest BCUT2D eigenvalue weighted by Gasteiger charge is -2.22. The van der Waals surface area contributed by atoms with Gasteiger partial charge >= 0.3 is 12.2 Å². The molecule has 0 saturated carbocycles. The predicted molar refractivity (Wildman–Crippen MR) is 83.4 cm³/mol. The molecule has 2 amide bonds. The molecule has 24 heavy (non-hydrogen) atoms. The Morgan fingerprint density at radius 3 is 2.46 bits per heavy atom. The summed E-state index contributed by atoms with van der Waals surface area (Å²) >= 11 is 0. The van der Waals surface area contributed by atoms with Crippen LogP contribution in [0.2, 0.25) is 0 Å². The Hall–Kier alpha value is -2.51. The van der Waals surface area contributed by atoms with Gasteiger partial charge in [-0.25, -0.2) is 4.79 Å².